The quantitative estimate of drug-likeness (QED) is 0.880. The summed E-state index contributed by atoms with van der Waals surface area (Å²) in [6, 6.07) is 1.44. The maximum Gasteiger partial charge on any atom is 0.336 e. The Morgan fingerprint density at radius 3 is 3.00 bits per heavy atom. The van der Waals surface area contributed by atoms with E-state index in [2.05, 4.69) is 9.97 Å². The summed E-state index contributed by atoms with van der Waals surface area (Å²) in [5.41, 5.74) is 0.944. The van der Waals surface area contributed by atoms with Gasteiger partial charge in [0.15, 0.2) is 0 Å². The third-order valence-corrected chi connectivity index (χ3v) is 2.72. The van der Waals surface area contributed by atoms with Crippen LogP contribution in [0.1, 0.15) is 16.1 Å². The van der Waals surface area contributed by atoms with Gasteiger partial charge in [-0.3, -0.25) is 4.98 Å². The minimum absolute atomic E-state index is 0.191. The summed E-state index contributed by atoms with van der Waals surface area (Å²) in [5.74, 6) is -0.992. The molecule has 16 heavy (non-hydrogen) atoms. The van der Waals surface area contributed by atoms with Crippen LogP contribution in [0.25, 0.3) is 0 Å². The van der Waals surface area contributed by atoms with Crippen molar-refractivity contribution in [2.75, 3.05) is 0 Å². The van der Waals surface area contributed by atoms with Gasteiger partial charge in [-0.15, -0.1) is 0 Å². The normalized spacial score (nSPS) is 10.3. The van der Waals surface area contributed by atoms with Gasteiger partial charge in [-0.2, -0.15) is 0 Å². The Bertz CT molecular complexity index is 524. The van der Waals surface area contributed by atoms with E-state index >= 15 is 0 Å². The Morgan fingerprint density at radius 2 is 2.38 bits per heavy atom. The van der Waals surface area contributed by atoms with Crippen molar-refractivity contribution in [2.45, 2.75) is 17.0 Å². The van der Waals surface area contributed by atoms with Gasteiger partial charge in [-0.1, -0.05) is 0 Å². The van der Waals surface area contributed by atoms with E-state index in [1.54, 1.807) is 6.92 Å². The highest BCUT2D eigenvalue weighted by molar-refractivity contribution is 7.99. The standard InChI is InChI=1S/C10H8N2O3S/c1-6-5-15-10(12-6)16-8-4-11-3-2-7(8)9(13)14/h2-5H,1H3,(H,13,14). The maximum atomic E-state index is 10.9. The Labute approximate surface area is 95.5 Å². The van der Waals surface area contributed by atoms with Gasteiger partial charge in [-0.25, -0.2) is 9.78 Å². The molecule has 0 saturated carbocycles. The third kappa shape index (κ3) is 2.22. The molecule has 0 unspecified atom stereocenters. The highest BCUT2D eigenvalue weighted by Gasteiger charge is 2.13. The van der Waals surface area contributed by atoms with E-state index in [1.807, 2.05) is 0 Å². The van der Waals surface area contributed by atoms with E-state index in [4.69, 9.17) is 9.52 Å². The lowest BCUT2D eigenvalue weighted by atomic mass is 10.3. The van der Waals surface area contributed by atoms with E-state index in [9.17, 15) is 4.79 Å². The smallest absolute Gasteiger partial charge is 0.336 e. The van der Waals surface area contributed by atoms with Crippen molar-refractivity contribution >= 4 is 17.7 Å². The molecule has 5 nitrogen and oxygen atoms in total. The van der Waals surface area contributed by atoms with Crippen LogP contribution in [0, 0.1) is 6.92 Å². The molecule has 0 amide bonds. The molecule has 1 N–H and O–H groups in total. The van der Waals surface area contributed by atoms with Crippen LogP contribution in [0.3, 0.4) is 0 Å². The number of nitrogens with zero attached hydrogens (tertiary/aromatic N) is 2. The number of pyridine rings is 1. The molecule has 0 aliphatic carbocycles. The number of carboxylic acids is 1. The summed E-state index contributed by atoms with van der Waals surface area (Å²) in [6.07, 6.45) is 4.43. The molecule has 2 rings (SSSR count). The van der Waals surface area contributed by atoms with Crippen molar-refractivity contribution in [1.29, 1.82) is 0 Å². The molecule has 2 aromatic heterocycles. The number of carboxylic acid groups (broad SMARTS) is 1. The lowest BCUT2D eigenvalue weighted by molar-refractivity contribution is 0.0693. The fourth-order valence-electron chi connectivity index (χ4n) is 1.11. The van der Waals surface area contributed by atoms with Gasteiger partial charge in [0, 0.05) is 17.3 Å². The van der Waals surface area contributed by atoms with Crippen LogP contribution in [0.2, 0.25) is 0 Å². The third-order valence-electron chi connectivity index (χ3n) is 1.81. The maximum absolute atomic E-state index is 10.9. The van der Waals surface area contributed by atoms with Gasteiger partial charge in [0.05, 0.1) is 11.3 Å². The average Bonchev–Trinajstić information content (AvgIpc) is 2.64. The first-order valence-electron chi connectivity index (χ1n) is 4.44. The van der Waals surface area contributed by atoms with E-state index < -0.39 is 5.97 Å². The Balaban J connectivity index is 2.31. The monoisotopic (exact) mass is 236 g/mol. The lowest BCUT2D eigenvalue weighted by Crippen LogP contribution is -1.98. The second kappa shape index (κ2) is 4.36. The predicted octanol–water partition coefficient (Wildman–Crippen LogP) is 2.23. The molecule has 0 aromatic carbocycles. The molecule has 2 heterocycles. The van der Waals surface area contributed by atoms with Crippen LogP contribution in [0.15, 0.2) is 39.3 Å². The number of hydrogen-bond donors (Lipinski definition) is 1. The zero-order valence-electron chi connectivity index (χ0n) is 8.38. The second-order valence-corrected chi connectivity index (χ2v) is 4.03. The number of aryl methyl sites for hydroxylation is 1. The van der Waals surface area contributed by atoms with Crippen molar-refractivity contribution in [3.05, 3.63) is 36.0 Å². The summed E-state index contributed by atoms with van der Waals surface area (Å²) in [4.78, 5) is 19.4. The van der Waals surface area contributed by atoms with Gasteiger partial charge in [-0.05, 0) is 24.8 Å². The van der Waals surface area contributed by atoms with Crippen LogP contribution in [0.5, 0.6) is 0 Å². The van der Waals surface area contributed by atoms with Crippen LogP contribution in [-0.4, -0.2) is 21.0 Å². The SMILES string of the molecule is Cc1coc(Sc2cnccc2C(=O)O)n1. The molecule has 6 heteroatoms. The zero-order chi connectivity index (χ0) is 11.5. The van der Waals surface area contributed by atoms with Crippen molar-refractivity contribution in [3.8, 4) is 0 Å². The first-order chi connectivity index (χ1) is 7.66. The van der Waals surface area contributed by atoms with Gasteiger partial charge in [0.1, 0.15) is 6.26 Å². The number of hydrogen-bond acceptors (Lipinski definition) is 5. The molecule has 0 radical (unpaired) electrons. The van der Waals surface area contributed by atoms with Crippen LogP contribution in [-0.2, 0) is 0 Å². The second-order valence-electron chi connectivity index (χ2n) is 3.03. The van der Waals surface area contributed by atoms with E-state index in [-0.39, 0.29) is 5.56 Å². The molecule has 0 spiro atoms. The minimum Gasteiger partial charge on any atom is -0.478 e. The highest BCUT2D eigenvalue weighted by atomic mass is 32.2. The van der Waals surface area contributed by atoms with Crippen LogP contribution >= 0.6 is 11.8 Å². The van der Waals surface area contributed by atoms with E-state index in [0.717, 1.165) is 17.5 Å². The van der Waals surface area contributed by atoms with E-state index in [1.165, 1.54) is 24.7 Å². The molecule has 0 atom stereocenters. The molecule has 0 fully saturated rings. The molecule has 0 aliphatic heterocycles. The summed E-state index contributed by atoms with van der Waals surface area (Å²) in [6.45, 7) is 1.80. The minimum atomic E-state index is -0.992. The highest BCUT2D eigenvalue weighted by Crippen LogP contribution is 2.28. The fraction of sp³-hybridized carbons (Fsp3) is 0.100. The van der Waals surface area contributed by atoms with Crippen LogP contribution in [0.4, 0.5) is 0 Å². The number of oxazole rings is 1. The first kappa shape index (κ1) is 10.7. The van der Waals surface area contributed by atoms with Crippen molar-refractivity contribution in [3.63, 3.8) is 0 Å². The first-order valence-corrected chi connectivity index (χ1v) is 5.26. The molecule has 0 aliphatic rings. The number of rotatable bonds is 3. The summed E-state index contributed by atoms with van der Waals surface area (Å²) in [7, 11) is 0. The summed E-state index contributed by atoms with van der Waals surface area (Å²) in [5, 5.41) is 9.37. The fourth-order valence-corrected chi connectivity index (χ4v) is 1.96. The van der Waals surface area contributed by atoms with Gasteiger partial charge < -0.3 is 9.52 Å². The average molecular weight is 236 g/mol. The van der Waals surface area contributed by atoms with Gasteiger partial charge in [0.25, 0.3) is 5.22 Å². The van der Waals surface area contributed by atoms with Crippen molar-refractivity contribution < 1.29 is 14.3 Å². The predicted molar refractivity (Wildman–Crippen MR) is 56.6 cm³/mol. The molecule has 2 aromatic rings. The Morgan fingerprint density at radius 1 is 1.56 bits per heavy atom. The number of carbonyl (C=O) groups is 1. The Hall–Kier alpha value is -1.82. The Kier molecular flexibility index (Phi) is 2.91. The number of aromatic nitrogens is 2. The zero-order valence-corrected chi connectivity index (χ0v) is 9.19. The van der Waals surface area contributed by atoms with E-state index in [0.29, 0.717) is 10.1 Å². The summed E-state index contributed by atoms with van der Waals surface area (Å²) < 4.78 is 5.13. The molecular formula is C10H8N2O3S. The number of aromatic carboxylic acids is 1. The molecular weight excluding hydrogens is 228 g/mol. The summed E-state index contributed by atoms with van der Waals surface area (Å²) >= 11 is 1.14. The molecule has 0 saturated heterocycles. The topological polar surface area (TPSA) is 76.2 Å². The largest absolute Gasteiger partial charge is 0.478 e. The van der Waals surface area contributed by atoms with Crippen LogP contribution < -0.4 is 0 Å². The molecule has 82 valence electrons. The molecule has 0 bridgehead atoms. The van der Waals surface area contributed by atoms with Crippen molar-refractivity contribution in [2.24, 2.45) is 0 Å². The lowest BCUT2D eigenvalue weighted by Gasteiger charge is -2.00. The van der Waals surface area contributed by atoms with Gasteiger partial charge >= 0.3 is 5.97 Å². The van der Waals surface area contributed by atoms with Gasteiger partial charge in [0.2, 0.25) is 0 Å². The van der Waals surface area contributed by atoms with Crippen molar-refractivity contribution in [1.82, 2.24) is 9.97 Å².